The number of piperidine rings is 1. The molecule has 1 aliphatic heterocycles. The maximum absolute atomic E-state index is 3.57. The molecule has 19 heavy (non-hydrogen) atoms. The van der Waals surface area contributed by atoms with Gasteiger partial charge in [-0.15, -0.1) is 0 Å². The van der Waals surface area contributed by atoms with Gasteiger partial charge in [-0.05, 0) is 49.5 Å². The molecule has 0 saturated carbocycles. The fourth-order valence-electron chi connectivity index (χ4n) is 4.13. The second kappa shape index (κ2) is 4.92. The average Bonchev–Trinajstić information content (AvgIpc) is 2.43. The van der Waals surface area contributed by atoms with Crippen molar-refractivity contribution in [1.82, 2.24) is 10.2 Å². The largest absolute Gasteiger partial charge is 0.316 e. The van der Waals surface area contributed by atoms with E-state index in [0.717, 1.165) is 13.1 Å². The number of fused-ring (bicyclic) bond motifs is 4. The molecule has 3 rings (SSSR count). The lowest BCUT2D eigenvalue weighted by Crippen LogP contribution is -2.54. The van der Waals surface area contributed by atoms with Crippen LogP contribution in [0.15, 0.2) is 24.3 Å². The molecular weight excluding hydrogens is 232 g/mol. The van der Waals surface area contributed by atoms with Gasteiger partial charge in [-0.2, -0.15) is 0 Å². The Bertz CT molecular complexity index is 456. The summed E-state index contributed by atoms with van der Waals surface area (Å²) in [5.41, 5.74) is 3.60. The topological polar surface area (TPSA) is 15.3 Å². The summed E-state index contributed by atoms with van der Waals surface area (Å²) in [7, 11) is 2.30. The van der Waals surface area contributed by atoms with Crippen molar-refractivity contribution < 1.29 is 0 Å². The predicted molar refractivity (Wildman–Crippen MR) is 80.7 cm³/mol. The van der Waals surface area contributed by atoms with Gasteiger partial charge in [-0.25, -0.2) is 0 Å². The Hall–Kier alpha value is -0.860. The third-order valence-corrected chi connectivity index (χ3v) is 5.33. The van der Waals surface area contributed by atoms with E-state index in [4.69, 9.17) is 0 Å². The van der Waals surface area contributed by atoms with Gasteiger partial charge in [0.15, 0.2) is 0 Å². The quantitative estimate of drug-likeness (QED) is 0.897. The lowest BCUT2D eigenvalue weighted by atomic mass is 9.61. The van der Waals surface area contributed by atoms with Gasteiger partial charge in [0.25, 0.3) is 0 Å². The van der Waals surface area contributed by atoms with Crippen LogP contribution in [-0.2, 0) is 5.41 Å². The molecule has 2 bridgehead atoms. The summed E-state index contributed by atoms with van der Waals surface area (Å²) in [6, 6.07) is 9.86. The van der Waals surface area contributed by atoms with Crippen LogP contribution in [0.25, 0.3) is 0 Å². The Labute approximate surface area is 117 Å². The molecular formula is C17H26N2. The number of nitrogens with zero attached hydrogens (tertiary/aromatic N) is 1. The monoisotopic (exact) mass is 258 g/mol. The van der Waals surface area contributed by atoms with Crippen LogP contribution in [0.3, 0.4) is 0 Å². The summed E-state index contributed by atoms with van der Waals surface area (Å²) < 4.78 is 0. The zero-order chi connectivity index (χ0) is 13.5. The lowest BCUT2D eigenvalue weighted by molar-refractivity contribution is 0.0903. The molecule has 0 radical (unpaired) electrons. The van der Waals surface area contributed by atoms with Crippen LogP contribution >= 0.6 is 0 Å². The van der Waals surface area contributed by atoms with Crippen LogP contribution in [0, 0.1) is 0 Å². The van der Waals surface area contributed by atoms with Crippen molar-refractivity contribution in [2.24, 2.45) is 0 Å². The molecule has 3 atom stereocenters. The summed E-state index contributed by atoms with van der Waals surface area (Å²) in [5, 5.41) is 3.57. The van der Waals surface area contributed by atoms with E-state index >= 15 is 0 Å². The number of nitrogens with one attached hydrogen (secondary N) is 1. The van der Waals surface area contributed by atoms with Gasteiger partial charge in [0, 0.05) is 18.5 Å². The zero-order valence-electron chi connectivity index (χ0n) is 12.4. The van der Waals surface area contributed by atoms with Crippen molar-refractivity contribution in [3.05, 3.63) is 35.4 Å². The Morgan fingerprint density at radius 2 is 2.16 bits per heavy atom. The second-order valence-corrected chi connectivity index (χ2v) is 6.56. The van der Waals surface area contributed by atoms with E-state index < -0.39 is 0 Å². The molecule has 1 aromatic carbocycles. The van der Waals surface area contributed by atoms with E-state index in [1.165, 1.54) is 19.4 Å². The van der Waals surface area contributed by atoms with Crippen molar-refractivity contribution in [1.29, 1.82) is 0 Å². The first-order valence-electron chi connectivity index (χ1n) is 7.66. The Balaban J connectivity index is 2.03. The number of hydrogen-bond donors (Lipinski definition) is 1. The number of likely N-dealkylation sites (tertiary alicyclic amines) is 1. The van der Waals surface area contributed by atoms with Crippen LogP contribution in [-0.4, -0.2) is 37.6 Å². The van der Waals surface area contributed by atoms with E-state index in [-0.39, 0.29) is 0 Å². The van der Waals surface area contributed by atoms with Crippen LogP contribution in [0.5, 0.6) is 0 Å². The first-order valence-corrected chi connectivity index (χ1v) is 7.66. The SMILES string of the molecule is CCNC[C@H]1c2ccccc2C2(C)CCN(C)C1C2. The second-order valence-electron chi connectivity index (χ2n) is 6.56. The van der Waals surface area contributed by atoms with E-state index in [1.807, 2.05) is 0 Å². The smallest absolute Gasteiger partial charge is 0.0182 e. The highest BCUT2D eigenvalue weighted by Crippen LogP contribution is 2.48. The maximum atomic E-state index is 3.57. The van der Waals surface area contributed by atoms with Crippen molar-refractivity contribution in [3.63, 3.8) is 0 Å². The summed E-state index contributed by atoms with van der Waals surface area (Å²) in [6.45, 7) is 8.07. The van der Waals surface area contributed by atoms with Crippen molar-refractivity contribution in [2.45, 2.75) is 44.1 Å². The molecule has 1 fully saturated rings. The third-order valence-electron chi connectivity index (χ3n) is 5.33. The maximum Gasteiger partial charge on any atom is 0.0182 e. The summed E-state index contributed by atoms with van der Waals surface area (Å²) in [5.74, 6) is 0.648. The molecule has 104 valence electrons. The molecule has 2 unspecified atom stereocenters. The van der Waals surface area contributed by atoms with Gasteiger partial charge >= 0.3 is 0 Å². The minimum atomic E-state index is 0.399. The van der Waals surface area contributed by atoms with Crippen LogP contribution in [0.1, 0.15) is 43.7 Å². The van der Waals surface area contributed by atoms with E-state index in [1.54, 1.807) is 11.1 Å². The Kier molecular flexibility index (Phi) is 3.40. The molecule has 2 nitrogen and oxygen atoms in total. The molecule has 1 aliphatic carbocycles. The average molecular weight is 258 g/mol. The number of likely N-dealkylation sites (N-methyl/N-ethyl adjacent to an activating group) is 2. The molecule has 2 heteroatoms. The fourth-order valence-corrected chi connectivity index (χ4v) is 4.13. The van der Waals surface area contributed by atoms with Gasteiger partial charge < -0.3 is 10.2 Å². The summed E-state index contributed by atoms with van der Waals surface area (Å²) >= 11 is 0. The molecule has 0 aromatic heterocycles. The molecule has 1 N–H and O–H groups in total. The van der Waals surface area contributed by atoms with Crippen molar-refractivity contribution in [3.8, 4) is 0 Å². The molecule has 2 aliphatic rings. The predicted octanol–water partition coefficient (Wildman–Crippen LogP) is 2.75. The van der Waals surface area contributed by atoms with Gasteiger partial charge in [-0.1, -0.05) is 38.1 Å². The molecule has 0 amide bonds. The first-order chi connectivity index (χ1) is 9.15. The van der Waals surface area contributed by atoms with Gasteiger partial charge in [0.2, 0.25) is 0 Å². The van der Waals surface area contributed by atoms with E-state index in [2.05, 4.69) is 55.4 Å². The first kappa shape index (κ1) is 13.1. The normalized spacial score (nSPS) is 34.1. The van der Waals surface area contributed by atoms with E-state index in [9.17, 15) is 0 Å². The van der Waals surface area contributed by atoms with Crippen LogP contribution < -0.4 is 5.32 Å². The standard InChI is InChI=1S/C17H26N2/c1-4-18-12-14-13-7-5-6-8-15(13)17(2)9-10-19(3)16(14)11-17/h5-8,14,16,18H,4,9-12H2,1-3H3/t14-,16?,17?/m0/s1. The molecule has 1 saturated heterocycles. The molecule has 0 spiro atoms. The lowest BCUT2D eigenvalue weighted by Gasteiger charge is -2.52. The highest BCUT2D eigenvalue weighted by molar-refractivity contribution is 5.42. The third kappa shape index (κ3) is 2.11. The van der Waals surface area contributed by atoms with Crippen LogP contribution in [0.4, 0.5) is 0 Å². The minimum absolute atomic E-state index is 0.399. The highest BCUT2D eigenvalue weighted by Gasteiger charge is 2.45. The van der Waals surface area contributed by atoms with Gasteiger partial charge in [0.05, 0.1) is 0 Å². The Morgan fingerprint density at radius 3 is 2.95 bits per heavy atom. The summed E-state index contributed by atoms with van der Waals surface area (Å²) in [6.07, 6.45) is 2.61. The van der Waals surface area contributed by atoms with Crippen LogP contribution in [0.2, 0.25) is 0 Å². The molecule has 1 heterocycles. The van der Waals surface area contributed by atoms with Crippen molar-refractivity contribution in [2.75, 3.05) is 26.7 Å². The minimum Gasteiger partial charge on any atom is -0.316 e. The van der Waals surface area contributed by atoms with Crippen molar-refractivity contribution >= 4 is 0 Å². The number of rotatable bonds is 3. The summed E-state index contributed by atoms with van der Waals surface area (Å²) in [4.78, 5) is 2.58. The molecule has 1 aromatic rings. The fraction of sp³-hybridized carbons (Fsp3) is 0.647. The zero-order valence-corrected chi connectivity index (χ0v) is 12.4. The number of hydrogen-bond acceptors (Lipinski definition) is 2. The Morgan fingerprint density at radius 1 is 1.37 bits per heavy atom. The van der Waals surface area contributed by atoms with Gasteiger partial charge in [0.1, 0.15) is 0 Å². The van der Waals surface area contributed by atoms with Gasteiger partial charge in [-0.3, -0.25) is 0 Å². The highest BCUT2D eigenvalue weighted by atomic mass is 15.2. The van der Waals surface area contributed by atoms with E-state index in [0.29, 0.717) is 17.4 Å². The number of benzene rings is 1.